The van der Waals surface area contributed by atoms with Crippen LogP contribution in [0.25, 0.3) is 0 Å². The summed E-state index contributed by atoms with van der Waals surface area (Å²) < 4.78 is 31.7. The molecule has 0 bridgehead atoms. The molecule has 0 radical (unpaired) electrons. The number of hydrogen-bond donors (Lipinski definition) is 8. The third kappa shape index (κ3) is 16.0. The molecule has 5 amide bonds. The molecule has 4 atom stereocenters. The molecule has 52 heavy (non-hydrogen) atoms. The van der Waals surface area contributed by atoms with Crippen LogP contribution in [0.15, 0.2) is 35.3 Å². The monoisotopic (exact) mass is 742 g/mol. The molecule has 1 heterocycles. The Morgan fingerprint density at radius 1 is 0.981 bits per heavy atom. The number of nitrogens with zero attached hydrogens (tertiary/aromatic N) is 1. The Balaban J connectivity index is 0.00000174. The van der Waals surface area contributed by atoms with Crippen molar-refractivity contribution in [3.63, 3.8) is 0 Å². The van der Waals surface area contributed by atoms with Crippen LogP contribution in [-0.4, -0.2) is 90.5 Å². The molecule has 9 N–H and O–H groups in total. The van der Waals surface area contributed by atoms with E-state index in [1.807, 2.05) is 6.07 Å². The number of halogens is 3. The number of nitrogens with two attached hydrogens (primary N) is 1. The number of carboxylic acids is 1. The second-order valence-corrected chi connectivity index (χ2v) is 12.8. The van der Waals surface area contributed by atoms with E-state index in [-0.39, 0.29) is 36.5 Å². The molecule has 1 aliphatic heterocycles. The Morgan fingerprint density at radius 2 is 1.58 bits per heavy atom. The molecule has 1 aromatic carbocycles. The molecule has 1 aliphatic rings. The van der Waals surface area contributed by atoms with Gasteiger partial charge in [0.25, 0.3) is 0 Å². The van der Waals surface area contributed by atoms with Gasteiger partial charge in [0.2, 0.25) is 29.5 Å². The number of carbonyl (C=O) groups is 6. The van der Waals surface area contributed by atoms with Crippen molar-refractivity contribution in [2.75, 3.05) is 20.1 Å². The molecule has 0 spiro atoms. The topological polar surface area (TPSA) is 233 Å². The maximum absolute atomic E-state index is 13.8. The van der Waals surface area contributed by atoms with Crippen LogP contribution < -0.4 is 37.6 Å². The smallest absolute Gasteiger partial charge is 0.475 e. The Labute approximate surface area is 301 Å². The van der Waals surface area contributed by atoms with Crippen molar-refractivity contribution in [1.82, 2.24) is 31.9 Å². The maximum Gasteiger partial charge on any atom is 0.490 e. The number of hydrogen-bond acceptors (Lipinski definition) is 7. The first-order valence-corrected chi connectivity index (χ1v) is 17.2. The molecule has 0 aromatic heterocycles. The first kappa shape index (κ1) is 45.1. The summed E-state index contributed by atoms with van der Waals surface area (Å²) in [5.74, 6) is -5.02. The van der Waals surface area contributed by atoms with E-state index in [1.165, 1.54) is 0 Å². The molecular weight excluding hydrogens is 689 g/mol. The van der Waals surface area contributed by atoms with Crippen molar-refractivity contribution in [3.8, 4) is 0 Å². The largest absolute Gasteiger partial charge is 0.490 e. The summed E-state index contributed by atoms with van der Waals surface area (Å²) in [6.07, 6.45) is -0.895. The SMILES string of the molecule is CC[C@@H]1NC(=O)[C@H](CCCNC(N)=NC)NC(=O)[C@](C)(NC(=O)C(C)C)CCCCCCNC(=O)[C@@H](c2ccccc2)NC1=O.O=C(O)C(F)(F)F. The van der Waals surface area contributed by atoms with Gasteiger partial charge in [-0.1, -0.05) is 70.4 Å². The van der Waals surface area contributed by atoms with Crippen molar-refractivity contribution < 1.29 is 47.0 Å². The van der Waals surface area contributed by atoms with E-state index >= 15 is 0 Å². The number of alkyl halides is 3. The standard InChI is InChI=1S/C32H52N8O5.C2HF3O2/c1-6-23-27(42)39-25(22-15-10-9-11-16-22)29(44)35-19-13-8-7-12-18-32(4,40-26(41)21(2)3)30(45)38-24(28(43)37-23)17-14-20-36-31(33)34-5;3-2(4,5)1(6)7/h9-11,15-16,21,23-25H,6-8,12-14,17-20H2,1-5H3,(H,35,44)(H,37,43)(H,38,45)(H,39,42)(H,40,41)(H3,33,34,36);(H,6,7)/t23-,24-,25+,32+;/m0./s1. The summed E-state index contributed by atoms with van der Waals surface area (Å²) >= 11 is 0. The van der Waals surface area contributed by atoms with Gasteiger partial charge in [-0.25, -0.2) is 4.79 Å². The average Bonchev–Trinajstić information content (AvgIpc) is 3.09. The number of carboxylic acid groups (broad SMARTS) is 1. The number of guanidine groups is 1. The molecule has 0 saturated carbocycles. The summed E-state index contributed by atoms with van der Waals surface area (Å²) in [6.45, 7) is 7.73. The fourth-order valence-electron chi connectivity index (χ4n) is 4.92. The van der Waals surface area contributed by atoms with Gasteiger partial charge in [0.1, 0.15) is 23.7 Å². The van der Waals surface area contributed by atoms with Gasteiger partial charge < -0.3 is 42.7 Å². The van der Waals surface area contributed by atoms with Crippen molar-refractivity contribution in [2.45, 2.75) is 109 Å². The number of benzene rings is 1. The van der Waals surface area contributed by atoms with Crippen molar-refractivity contribution in [1.29, 1.82) is 0 Å². The van der Waals surface area contributed by atoms with Crippen LogP contribution in [0.3, 0.4) is 0 Å². The van der Waals surface area contributed by atoms with Gasteiger partial charge in [-0.3, -0.25) is 29.0 Å². The quantitative estimate of drug-likeness (QED) is 0.110. The van der Waals surface area contributed by atoms with Crippen molar-refractivity contribution in [2.24, 2.45) is 16.6 Å². The van der Waals surface area contributed by atoms with Crippen LogP contribution in [0.2, 0.25) is 0 Å². The van der Waals surface area contributed by atoms with Crippen LogP contribution in [0.5, 0.6) is 0 Å². The highest BCUT2D eigenvalue weighted by molar-refractivity contribution is 5.97. The van der Waals surface area contributed by atoms with E-state index in [9.17, 15) is 37.1 Å². The number of nitrogens with one attached hydrogen (secondary N) is 6. The predicted molar refractivity (Wildman–Crippen MR) is 187 cm³/mol. The highest BCUT2D eigenvalue weighted by Crippen LogP contribution is 2.19. The summed E-state index contributed by atoms with van der Waals surface area (Å²) in [4.78, 5) is 79.6. The first-order valence-electron chi connectivity index (χ1n) is 17.2. The first-order chi connectivity index (χ1) is 24.4. The zero-order valence-corrected chi connectivity index (χ0v) is 30.3. The third-order valence-electron chi connectivity index (χ3n) is 8.13. The second kappa shape index (κ2) is 22.1. The molecule has 1 aromatic rings. The normalized spacial score (nSPS) is 22.9. The summed E-state index contributed by atoms with van der Waals surface area (Å²) in [5.41, 5.74) is 5.08. The lowest BCUT2D eigenvalue weighted by molar-refractivity contribution is -0.192. The van der Waals surface area contributed by atoms with Gasteiger partial charge in [-0.05, 0) is 44.6 Å². The Morgan fingerprint density at radius 3 is 2.13 bits per heavy atom. The molecule has 2 rings (SSSR count). The molecule has 18 heteroatoms. The molecule has 0 aliphatic carbocycles. The van der Waals surface area contributed by atoms with Crippen LogP contribution >= 0.6 is 0 Å². The van der Waals surface area contributed by atoms with Gasteiger partial charge in [0.05, 0.1) is 0 Å². The van der Waals surface area contributed by atoms with Crippen LogP contribution in [0, 0.1) is 5.92 Å². The van der Waals surface area contributed by atoms with E-state index in [0.29, 0.717) is 44.3 Å². The molecule has 15 nitrogen and oxygen atoms in total. The van der Waals surface area contributed by atoms with Gasteiger partial charge in [-0.2, -0.15) is 13.2 Å². The molecule has 0 unspecified atom stereocenters. The molecular formula is C34H53F3N8O7. The lowest BCUT2D eigenvalue weighted by atomic mass is 9.91. The fraction of sp³-hybridized carbons (Fsp3) is 0.618. The molecule has 1 saturated heterocycles. The highest BCUT2D eigenvalue weighted by atomic mass is 19.4. The lowest BCUT2D eigenvalue weighted by Crippen LogP contribution is -2.62. The van der Waals surface area contributed by atoms with E-state index in [1.54, 1.807) is 59.0 Å². The summed E-state index contributed by atoms with van der Waals surface area (Å²) in [6, 6.07) is 6.01. The number of carbonyl (C=O) groups excluding carboxylic acids is 5. The van der Waals surface area contributed by atoms with E-state index in [2.05, 4.69) is 36.9 Å². The number of rotatable bonds is 8. The third-order valence-corrected chi connectivity index (χ3v) is 8.13. The Hall–Kier alpha value is -4.90. The number of amides is 5. The highest BCUT2D eigenvalue weighted by Gasteiger charge is 2.39. The summed E-state index contributed by atoms with van der Waals surface area (Å²) in [7, 11) is 1.55. The van der Waals surface area contributed by atoms with Crippen molar-refractivity contribution >= 4 is 41.5 Å². The zero-order chi connectivity index (χ0) is 39.5. The minimum Gasteiger partial charge on any atom is -0.475 e. The summed E-state index contributed by atoms with van der Waals surface area (Å²) in [5, 5.41) is 24.3. The second-order valence-electron chi connectivity index (χ2n) is 12.8. The fourth-order valence-corrected chi connectivity index (χ4v) is 4.92. The maximum atomic E-state index is 13.8. The Bertz CT molecular complexity index is 1380. The predicted octanol–water partition coefficient (Wildman–Crippen LogP) is 1.78. The minimum atomic E-state index is -5.08. The van der Waals surface area contributed by atoms with Gasteiger partial charge in [0.15, 0.2) is 5.96 Å². The van der Waals surface area contributed by atoms with E-state index < -0.39 is 53.5 Å². The van der Waals surface area contributed by atoms with Crippen LogP contribution in [0.1, 0.15) is 90.7 Å². The van der Waals surface area contributed by atoms with Crippen LogP contribution in [0.4, 0.5) is 13.2 Å². The van der Waals surface area contributed by atoms with Crippen molar-refractivity contribution in [3.05, 3.63) is 35.9 Å². The van der Waals surface area contributed by atoms with E-state index in [0.717, 1.165) is 12.8 Å². The zero-order valence-electron chi connectivity index (χ0n) is 30.3. The van der Waals surface area contributed by atoms with Gasteiger partial charge >= 0.3 is 12.1 Å². The number of aliphatic imine (C=N–C) groups is 1. The molecule has 292 valence electrons. The Kier molecular flexibility index (Phi) is 19.2. The average molecular weight is 743 g/mol. The van der Waals surface area contributed by atoms with Gasteiger partial charge in [-0.15, -0.1) is 0 Å². The lowest BCUT2D eigenvalue weighted by Gasteiger charge is -2.33. The minimum absolute atomic E-state index is 0.225. The van der Waals surface area contributed by atoms with Gasteiger partial charge in [0, 0.05) is 26.1 Å². The van der Waals surface area contributed by atoms with E-state index in [4.69, 9.17) is 15.6 Å². The molecule has 1 fully saturated rings. The van der Waals surface area contributed by atoms with Crippen LogP contribution in [-0.2, 0) is 28.8 Å². The number of aliphatic carboxylic acids is 1.